The highest BCUT2D eigenvalue weighted by Gasteiger charge is 2.30. The molecule has 0 atom stereocenters. The molecule has 0 N–H and O–H groups in total. The number of rotatable bonds is 11. The van der Waals surface area contributed by atoms with E-state index in [1.54, 1.807) is 30.0 Å². The summed E-state index contributed by atoms with van der Waals surface area (Å²) in [7, 11) is -2.07. The van der Waals surface area contributed by atoms with Gasteiger partial charge < -0.3 is 14.2 Å². The van der Waals surface area contributed by atoms with Crippen molar-refractivity contribution in [2.24, 2.45) is 11.8 Å². The first-order chi connectivity index (χ1) is 15.3. The van der Waals surface area contributed by atoms with E-state index in [4.69, 9.17) is 4.74 Å². The quantitative estimate of drug-likeness (QED) is 0.510. The second kappa shape index (κ2) is 11.1. The van der Waals surface area contributed by atoms with Gasteiger partial charge in [-0.25, -0.2) is 13.4 Å². The molecule has 0 radical (unpaired) electrons. The number of hydrogen-bond acceptors (Lipinski definition) is 5. The lowest BCUT2D eigenvalue weighted by molar-refractivity contribution is -0.136. The molecular formula is C24H35N3O4S. The zero-order chi connectivity index (χ0) is 23.1. The Morgan fingerprint density at radius 3 is 2.53 bits per heavy atom. The van der Waals surface area contributed by atoms with E-state index >= 15 is 0 Å². The van der Waals surface area contributed by atoms with E-state index in [9.17, 15) is 13.2 Å². The molecule has 8 heteroatoms. The Balaban J connectivity index is 1.89. The van der Waals surface area contributed by atoms with E-state index in [2.05, 4.69) is 18.8 Å². The van der Waals surface area contributed by atoms with Gasteiger partial charge in [0.1, 0.15) is 0 Å². The highest BCUT2D eigenvalue weighted by atomic mass is 32.2. The van der Waals surface area contributed by atoms with Crippen molar-refractivity contribution < 1.29 is 17.9 Å². The van der Waals surface area contributed by atoms with Crippen LogP contribution in [-0.4, -0.2) is 49.0 Å². The Morgan fingerprint density at radius 2 is 1.91 bits per heavy atom. The fourth-order valence-electron chi connectivity index (χ4n) is 4.35. The fourth-order valence-corrected chi connectivity index (χ4v) is 5.86. The van der Waals surface area contributed by atoms with Crippen LogP contribution in [0.1, 0.15) is 50.8 Å². The van der Waals surface area contributed by atoms with E-state index in [1.807, 2.05) is 23.1 Å². The van der Waals surface area contributed by atoms with Gasteiger partial charge in [-0.05, 0) is 24.3 Å². The third-order valence-electron chi connectivity index (χ3n) is 5.85. The zero-order valence-corrected chi connectivity index (χ0v) is 20.2. The van der Waals surface area contributed by atoms with Gasteiger partial charge in [0.2, 0.25) is 20.9 Å². The van der Waals surface area contributed by atoms with Crippen LogP contribution >= 0.6 is 0 Å². The van der Waals surface area contributed by atoms with Gasteiger partial charge in [-0.2, -0.15) is 0 Å². The summed E-state index contributed by atoms with van der Waals surface area (Å²) in [4.78, 5) is 19.4. The molecule has 1 amide bonds. The lowest BCUT2D eigenvalue weighted by Gasteiger charge is -2.28. The SMILES string of the molecule is COCCn1c(CN(CC(C)C)C(=O)C2CCCC2)cnc1S(=O)(=O)Cc1ccccc1. The van der Waals surface area contributed by atoms with Gasteiger partial charge >= 0.3 is 0 Å². The minimum Gasteiger partial charge on any atom is -0.383 e. The number of hydrogen-bond donors (Lipinski definition) is 0. The molecule has 0 spiro atoms. The summed E-state index contributed by atoms with van der Waals surface area (Å²) < 4.78 is 33.3. The molecule has 2 aromatic rings. The van der Waals surface area contributed by atoms with Crippen molar-refractivity contribution in [2.75, 3.05) is 20.3 Å². The summed E-state index contributed by atoms with van der Waals surface area (Å²) >= 11 is 0. The van der Waals surface area contributed by atoms with E-state index in [1.165, 1.54) is 0 Å². The molecule has 1 aliphatic carbocycles. The highest BCUT2D eigenvalue weighted by Crippen LogP contribution is 2.28. The van der Waals surface area contributed by atoms with Crippen molar-refractivity contribution in [1.82, 2.24) is 14.5 Å². The van der Waals surface area contributed by atoms with Crippen molar-refractivity contribution in [3.8, 4) is 0 Å². The van der Waals surface area contributed by atoms with Gasteiger partial charge in [0, 0.05) is 26.1 Å². The largest absolute Gasteiger partial charge is 0.383 e. The van der Waals surface area contributed by atoms with Gasteiger partial charge in [0.25, 0.3) is 0 Å². The molecule has 1 aliphatic rings. The number of imidazole rings is 1. The van der Waals surface area contributed by atoms with Crippen LogP contribution in [0, 0.1) is 11.8 Å². The van der Waals surface area contributed by atoms with E-state index in [0.29, 0.717) is 37.7 Å². The van der Waals surface area contributed by atoms with Crippen molar-refractivity contribution >= 4 is 15.7 Å². The lowest BCUT2D eigenvalue weighted by atomic mass is 10.1. The average Bonchev–Trinajstić information content (AvgIpc) is 3.42. The minimum absolute atomic E-state index is 0.0335. The Bertz CT molecular complexity index is 980. The number of nitrogens with zero attached hydrogens (tertiary/aromatic N) is 3. The van der Waals surface area contributed by atoms with Crippen LogP contribution in [0.5, 0.6) is 0 Å². The smallest absolute Gasteiger partial charge is 0.228 e. The summed E-state index contributed by atoms with van der Waals surface area (Å²) in [6.07, 6.45) is 5.67. The number of methoxy groups -OCH3 is 1. The van der Waals surface area contributed by atoms with Gasteiger partial charge in [0.05, 0.1) is 30.8 Å². The van der Waals surface area contributed by atoms with E-state index in [0.717, 1.165) is 31.4 Å². The molecule has 0 aliphatic heterocycles. The van der Waals surface area contributed by atoms with Gasteiger partial charge in [-0.15, -0.1) is 0 Å². The lowest BCUT2D eigenvalue weighted by Crippen LogP contribution is -2.38. The van der Waals surface area contributed by atoms with Crippen LogP contribution in [0.4, 0.5) is 0 Å². The van der Waals surface area contributed by atoms with Crippen LogP contribution in [-0.2, 0) is 38.2 Å². The predicted octanol–water partition coefficient (Wildman–Crippen LogP) is 3.68. The summed E-state index contributed by atoms with van der Waals surface area (Å²) in [5, 5.41) is 0.0335. The van der Waals surface area contributed by atoms with Crippen LogP contribution in [0.2, 0.25) is 0 Å². The number of benzene rings is 1. The molecule has 1 aromatic heterocycles. The number of amides is 1. The standard InChI is InChI=1S/C24H35N3O4S/c1-19(2)16-26(23(28)21-11-7-8-12-21)17-22-15-25-24(27(22)13-14-31-3)32(29,30)18-20-9-5-4-6-10-20/h4-6,9-10,15,19,21H,7-8,11-14,16-18H2,1-3H3. The van der Waals surface area contributed by atoms with Gasteiger partial charge in [-0.3, -0.25) is 4.79 Å². The third kappa shape index (κ3) is 6.19. The van der Waals surface area contributed by atoms with Gasteiger partial charge in [0.15, 0.2) is 0 Å². The average molecular weight is 462 g/mol. The number of ether oxygens (including phenoxy) is 1. The molecule has 0 saturated heterocycles. The number of sulfone groups is 1. The summed E-state index contributed by atoms with van der Waals surface area (Å²) in [6, 6.07) is 9.10. The first kappa shape index (κ1) is 24.5. The van der Waals surface area contributed by atoms with E-state index < -0.39 is 9.84 Å². The van der Waals surface area contributed by atoms with E-state index in [-0.39, 0.29) is 22.7 Å². The predicted molar refractivity (Wildman–Crippen MR) is 124 cm³/mol. The molecule has 7 nitrogen and oxygen atoms in total. The molecule has 3 rings (SSSR count). The topological polar surface area (TPSA) is 81.5 Å². The van der Waals surface area contributed by atoms with Crippen LogP contribution < -0.4 is 0 Å². The van der Waals surface area contributed by atoms with Gasteiger partial charge in [-0.1, -0.05) is 57.0 Å². The molecule has 0 bridgehead atoms. The highest BCUT2D eigenvalue weighted by molar-refractivity contribution is 7.90. The summed E-state index contributed by atoms with van der Waals surface area (Å²) in [6.45, 7) is 5.89. The van der Waals surface area contributed by atoms with Crippen molar-refractivity contribution in [3.05, 3.63) is 47.8 Å². The van der Waals surface area contributed by atoms with Crippen LogP contribution in [0.3, 0.4) is 0 Å². The maximum absolute atomic E-state index is 13.2. The second-order valence-corrected chi connectivity index (χ2v) is 10.9. The molecule has 1 fully saturated rings. The third-order valence-corrected chi connectivity index (χ3v) is 7.45. The molecule has 0 unspecified atom stereocenters. The fraction of sp³-hybridized carbons (Fsp3) is 0.583. The zero-order valence-electron chi connectivity index (χ0n) is 19.4. The Kier molecular flexibility index (Phi) is 8.48. The summed E-state index contributed by atoms with van der Waals surface area (Å²) in [5.74, 6) is 0.445. The minimum atomic E-state index is -3.66. The van der Waals surface area contributed by atoms with Crippen molar-refractivity contribution in [2.45, 2.75) is 63.5 Å². The Morgan fingerprint density at radius 1 is 1.22 bits per heavy atom. The number of aromatic nitrogens is 2. The van der Waals surface area contributed by atoms with Crippen molar-refractivity contribution in [1.29, 1.82) is 0 Å². The molecule has 176 valence electrons. The Hall–Kier alpha value is -2.19. The molecule has 1 saturated carbocycles. The normalized spacial score (nSPS) is 14.9. The molecular weight excluding hydrogens is 426 g/mol. The number of carbonyl (C=O) groups is 1. The molecule has 1 aromatic carbocycles. The van der Waals surface area contributed by atoms with Crippen LogP contribution in [0.25, 0.3) is 0 Å². The molecule has 32 heavy (non-hydrogen) atoms. The monoisotopic (exact) mass is 461 g/mol. The second-order valence-electron chi connectivity index (χ2n) is 9.02. The maximum Gasteiger partial charge on any atom is 0.228 e. The number of carbonyl (C=O) groups excluding carboxylic acids is 1. The summed E-state index contributed by atoms with van der Waals surface area (Å²) in [5.41, 5.74) is 1.44. The first-order valence-corrected chi connectivity index (χ1v) is 13.1. The Labute approximate surface area is 191 Å². The van der Waals surface area contributed by atoms with Crippen molar-refractivity contribution in [3.63, 3.8) is 0 Å². The van der Waals surface area contributed by atoms with Crippen LogP contribution in [0.15, 0.2) is 41.7 Å². The molecule has 1 heterocycles. The maximum atomic E-state index is 13.2. The first-order valence-electron chi connectivity index (χ1n) is 11.4.